The van der Waals surface area contributed by atoms with Gasteiger partial charge in [0.25, 0.3) is 0 Å². The minimum absolute atomic E-state index is 0.0342. The molecule has 1 amide bonds. The first-order chi connectivity index (χ1) is 22.7. The Balaban J connectivity index is 1.19. The number of hydrogen-bond donors (Lipinski definition) is 1. The number of carbonyl (C=O) groups is 5. The number of carbonyl (C=O) groups excluding carboxylic acids is 5. The van der Waals surface area contributed by atoms with Gasteiger partial charge in [0.15, 0.2) is 6.10 Å². The van der Waals surface area contributed by atoms with Crippen LogP contribution in [0.1, 0.15) is 32.7 Å². The third-order valence-corrected chi connectivity index (χ3v) is 6.80. The number of hydrogen-bond acceptors (Lipinski definition) is 15. The summed E-state index contributed by atoms with van der Waals surface area (Å²) in [6.07, 6.45) is 0.620. The molecule has 1 fully saturated rings. The fraction of sp³-hybridized carbons (Fsp3) is 0.393. The van der Waals surface area contributed by atoms with Crippen LogP contribution in [0.25, 0.3) is 5.70 Å². The molecule has 5 rings (SSSR count). The molecule has 254 valence electrons. The molecule has 0 aromatic carbocycles. The SMILES string of the molecule is CC(=O)OCC1OC(n2ccc(NC(=O)OCc3cn(C4=CC5C=CC(OC(C)=O)=CC5OC4=O)nn3)nc2=O)C(F)(F)C1OC(C)=O. The van der Waals surface area contributed by atoms with Crippen molar-refractivity contribution in [2.24, 2.45) is 5.92 Å². The van der Waals surface area contributed by atoms with Crippen LogP contribution in [-0.4, -0.2) is 85.4 Å². The number of ether oxygens (including phenoxy) is 6. The molecule has 18 nitrogen and oxygen atoms in total. The summed E-state index contributed by atoms with van der Waals surface area (Å²) < 4.78 is 62.2. The molecule has 5 atom stereocenters. The smallest absolute Gasteiger partial charge is 0.413 e. The summed E-state index contributed by atoms with van der Waals surface area (Å²) in [6.45, 7) is 2.07. The molecule has 1 aliphatic carbocycles. The van der Waals surface area contributed by atoms with Crippen LogP contribution in [0, 0.1) is 5.92 Å². The molecule has 48 heavy (non-hydrogen) atoms. The monoisotopic (exact) mass is 676 g/mol. The molecule has 4 heterocycles. The van der Waals surface area contributed by atoms with Crippen molar-refractivity contribution in [1.82, 2.24) is 24.5 Å². The van der Waals surface area contributed by atoms with Crippen LogP contribution < -0.4 is 11.0 Å². The van der Waals surface area contributed by atoms with Crippen molar-refractivity contribution in [1.29, 1.82) is 0 Å². The molecule has 0 radical (unpaired) electrons. The highest BCUT2D eigenvalue weighted by molar-refractivity contribution is 6.10. The van der Waals surface area contributed by atoms with Crippen molar-refractivity contribution in [3.8, 4) is 0 Å². The number of nitrogens with zero attached hydrogens (tertiary/aromatic N) is 5. The Hall–Kier alpha value is -5.79. The average Bonchev–Trinajstić information content (AvgIpc) is 3.56. The average molecular weight is 677 g/mol. The highest BCUT2D eigenvalue weighted by Crippen LogP contribution is 2.44. The van der Waals surface area contributed by atoms with Crippen molar-refractivity contribution >= 4 is 41.5 Å². The van der Waals surface area contributed by atoms with E-state index in [1.807, 2.05) is 0 Å². The lowest BCUT2D eigenvalue weighted by molar-refractivity contribution is -0.174. The van der Waals surface area contributed by atoms with E-state index in [-0.39, 0.29) is 28.9 Å². The number of aromatic nitrogens is 5. The van der Waals surface area contributed by atoms with Gasteiger partial charge in [-0.1, -0.05) is 11.3 Å². The first-order valence-electron chi connectivity index (χ1n) is 14.0. The van der Waals surface area contributed by atoms with E-state index in [4.69, 9.17) is 28.4 Å². The van der Waals surface area contributed by atoms with Gasteiger partial charge in [-0.2, -0.15) is 13.8 Å². The maximum atomic E-state index is 15.2. The lowest BCUT2D eigenvalue weighted by Gasteiger charge is -2.28. The topological polar surface area (TPSA) is 218 Å². The van der Waals surface area contributed by atoms with Crippen molar-refractivity contribution < 1.29 is 61.2 Å². The number of alkyl halides is 2. The molecule has 0 spiro atoms. The fourth-order valence-corrected chi connectivity index (χ4v) is 4.79. The molecule has 2 aliphatic heterocycles. The summed E-state index contributed by atoms with van der Waals surface area (Å²) in [5.74, 6) is -7.55. The maximum absolute atomic E-state index is 15.2. The minimum Gasteiger partial charge on any atom is -0.463 e. The predicted molar refractivity (Wildman–Crippen MR) is 150 cm³/mol. The number of fused-ring (bicyclic) bond motifs is 1. The molecular weight excluding hydrogens is 650 g/mol. The fourth-order valence-electron chi connectivity index (χ4n) is 4.79. The number of amides is 1. The zero-order chi connectivity index (χ0) is 34.7. The number of halogens is 2. The van der Waals surface area contributed by atoms with E-state index in [0.29, 0.717) is 4.57 Å². The van der Waals surface area contributed by atoms with Crippen molar-refractivity contribution in [3.05, 3.63) is 64.7 Å². The maximum Gasteiger partial charge on any atom is 0.413 e. The standard InChI is InChI=1S/C28H26F2N6O12/c1-13(37)43-12-21-23(46-15(3)39)28(29,30)25(48-21)35-7-6-22(31-26(35)41)32-27(42)44-11-17-10-36(34-33-17)19-8-16-4-5-18(45-14(2)38)9-20(16)47-24(19)40/h4-10,16,20-21,23,25H,11-12H2,1-3H3,(H,31,32,41,42). The van der Waals surface area contributed by atoms with Gasteiger partial charge in [0.2, 0.25) is 6.23 Å². The third kappa shape index (κ3) is 7.43. The number of esters is 4. The van der Waals surface area contributed by atoms with Crippen LogP contribution in [0.5, 0.6) is 0 Å². The van der Waals surface area contributed by atoms with Gasteiger partial charge in [0.1, 0.15) is 48.4 Å². The first-order valence-corrected chi connectivity index (χ1v) is 14.0. The Kier molecular flexibility index (Phi) is 9.45. The second-order valence-electron chi connectivity index (χ2n) is 10.4. The Morgan fingerprint density at radius 3 is 2.52 bits per heavy atom. The highest BCUT2D eigenvalue weighted by atomic mass is 19.3. The normalized spacial score (nSPS) is 23.9. The summed E-state index contributed by atoms with van der Waals surface area (Å²) >= 11 is 0. The van der Waals surface area contributed by atoms with Gasteiger partial charge in [-0.15, -0.1) is 5.10 Å². The molecule has 0 saturated carbocycles. The summed E-state index contributed by atoms with van der Waals surface area (Å²) in [4.78, 5) is 75.0. The molecule has 2 aromatic rings. The van der Waals surface area contributed by atoms with Crippen LogP contribution >= 0.6 is 0 Å². The molecule has 2 aromatic heterocycles. The van der Waals surface area contributed by atoms with E-state index in [1.54, 1.807) is 18.2 Å². The quantitative estimate of drug-likeness (QED) is 0.289. The largest absolute Gasteiger partial charge is 0.463 e. The van der Waals surface area contributed by atoms with Crippen molar-refractivity contribution in [2.75, 3.05) is 11.9 Å². The van der Waals surface area contributed by atoms with Gasteiger partial charge in [0.05, 0.1) is 6.20 Å². The Labute approximate surface area is 267 Å². The lowest BCUT2D eigenvalue weighted by atomic mass is 9.93. The molecule has 0 bridgehead atoms. The summed E-state index contributed by atoms with van der Waals surface area (Å²) in [6, 6.07) is 1.01. The highest BCUT2D eigenvalue weighted by Gasteiger charge is 2.62. The van der Waals surface area contributed by atoms with E-state index in [0.717, 1.165) is 30.8 Å². The van der Waals surface area contributed by atoms with Gasteiger partial charge < -0.3 is 28.4 Å². The van der Waals surface area contributed by atoms with Crippen LogP contribution in [0.2, 0.25) is 0 Å². The van der Waals surface area contributed by atoms with Crippen molar-refractivity contribution in [2.45, 2.75) is 57.8 Å². The molecule has 5 unspecified atom stereocenters. The third-order valence-electron chi connectivity index (χ3n) is 6.80. The number of rotatable bonds is 9. The van der Waals surface area contributed by atoms with Gasteiger partial charge in [0, 0.05) is 32.9 Å². The summed E-state index contributed by atoms with van der Waals surface area (Å²) in [5.41, 5.74) is -1.12. The van der Waals surface area contributed by atoms with E-state index in [2.05, 4.69) is 20.6 Å². The molecular formula is C28H26F2N6O12. The zero-order valence-electron chi connectivity index (χ0n) is 25.2. The van der Waals surface area contributed by atoms with Gasteiger partial charge in [-0.05, 0) is 24.3 Å². The van der Waals surface area contributed by atoms with Gasteiger partial charge in [-0.3, -0.25) is 24.3 Å². The van der Waals surface area contributed by atoms with Crippen LogP contribution in [0.4, 0.5) is 19.4 Å². The number of anilines is 1. The Morgan fingerprint density at radius 1 is 1.06 bits per heavy atom. The van der Waals surface area contributed by atoms with Crippen LogP contribution in [0.15, 0.2) is 53.3 Å². The first kappa shape index (κ1) is 33.6. The molecule has 1 N–H and O–H groups in total. The van der Waals surface area contributed by atoms with E-state index < -0.39 is 79.3 Å². The molecule has 3 aliphatic rings. The van der Waals surface area contributed by atoms with Gasteiger partial charge >= 0.3 is 41.6 Å². The van der Waals surface area contributed by atoms with Gasteiger partial charge in [-0.25, -0.2) is 19.1 Å². The number of nitrogens with one attached hydrogen (secondary N) is 1. The minimum atomic E-state index is -3.95. The summed E-state index contributed by atoms with van der Waals surface area (Å²) in [7, 11) is 0. The lowest BCUT2D eigenvalue weighted by Crippen LogP contribution is -2.44. The number of allylic oxidation sites excluding steroid dienone is 1. The van der Waals surface area contributed by atoms with Crippen molar-refractivity contribution in [3.63, 3.8) is 0 Å². The van der Waals surface area contributed by atoms with E-state index in [1.165, 1.54) is 19.2 Å². The second kappa shape index (κ2) is 13.5. The van der Waals surface area contributed by atoms with Crippen LogP contribution in [0.3, 0.4) is 0 Å². The zero-order valence-corrected chi connectivity index (χ0v) is 25.2. The Bertz CT molecular complexity index is 1800. The summed E-state index contributed by atoms with van der Waals surface area (Å²) in [5, 5.41) is 9.87. The second-order valence-corrected chi connectivity index (χ2v) is 10.4. The Morgan fingerprint density at radius 2 is 1.83 bits per heavy atom. The van der Waals surface area contributed by atoms with E-state index in [9.17, 15) is 28.8 Å². The van der Waals surface area contributed by atoms with Crippen LogP contribution in [-0.2, 0) is 54.2 Å². The molecule has 20 heteroatoms. The predicted octanol–water partition coefficient (Wildman–Crippen LogP) is 1.01. The van der Waals surface area contributed by atoms with E-state index >= 15 is 8.78 Å². The molecule has 1 saturated heterocycles.